The van der Waals surface area contributed by atoms with Gasteiger partial charge in [-0.3, -0.25) is 44.1 Å². The predicted molar refractivity (Wildman–Crippen MR) is 237 cm³/mol. The van der Waals surface area contributed by atoms with E-state index in [0.29, 0.717) is 73.4 Å². The van der Waals surface area contributed by atoms with E-state index in [1.165, 1.54) is 10.4 Å². The molecule has 22 heteroatoms. The lowest BCUT2D eigenvalue weighted by atomic mass is 10.0. The molecule has 67 heavy (non-hydrogen) atoms. The average molecular weight is 942 g/mol. The number of nitrogens with zero attached hydrogens (tertiary/aromatic N) is 8. The fourth-order valence-corrected chi connectivity index (χ4v) is 9.86. The van der Waals surface area contributed by atoms with Crippen molar-refractivity contribution in [3.8, 4) is 22.6 Å². The van der Waals surface area contributed by atoms with E-state index >= 15 is 0 Å². The van der Waals surface area contributed by atoms with Crippen LogP contribution in [0.5, 0.6) is 11.5 Å². The number of benzene rings is 1. The number of hydrogen-bond acceptors (Lipinski definition) is 16. The zero-order valence-electron chi connectivity index (χ0n) is 37.1. The molecule has 3 fully saturated rings. The maximum atomic E-state index is 13.3. The number of imide groups is 2. The molecule has 7 heterocycles. The molecule has 21 nitrogen and oxygen atoms in total. The summed E-state index contributed by atoms with van der Waals surface area (Å²) in [5.41, 5.74) is 2.44. The number of hydrogen-bond donors (Lipinski definition) is 1. The van der Waals surface area contributed by atoms with Gasteiger partial charge in [0.15, 0.2) is 0 Å². The maximum Gasteiger partial charge on any atom is 0.266 e. The van der Waals surface area contributed by atoms with E-state index in [4.69, 9.17) is 23.4 Å². The average Bonchev–Trinajstić information content (AvgIpc) is 3.77. The van der Waals surface area contributed by atoms with Gasteiger partial charge in [-0.05, 0) is 56.4 Å². The van der Waals surface area contributed by atoms with Crippen LogP contribution in [0.1, 0.15) is 64.8 Å². The van der Waals surface area contributed by atoms with Gasteiger partial charge < -0.3 is 27.9 Å². The van der Waals surface area contributed by atoms with Crippen LogP contribution in [-0.4, -0.2) is 141 Å². The van der Waals surface area contributed by atoms with Crippen LogP contribution in [0.15, 0.2) is 64.3 Å². The molecule has 1 N–H and O–H groups in total. The van der Waals surface area contributed by atoms with E-state index in [-0.39, 0.29) is 80.1 Å². The normalized spacial score (nSPS) is 19.3. The minimum atomic E-state index is -3.59. The van der Waals surface area contributed by atoms with Gasteiger partial charge in [0.2, 0.25) is 21.8 Å². The summed E-state index contributed by atoms with van der Waals surface area (Å²) in [6, 6.07) is 7.05. The van der Waals surface area contributed by atoms with Gasteiger partial charge in [-0.2, -0.15) is 4.31 Å². The number of carbonyl (C=O) groups is 4. The Kier molecular flexibility index (Phi) is 13.3. The van der Waals surface area contributed by atoms with Crippen molar-refractivity contribution in [1.82, 2.24) is 44.0 Å². The smallest absolute Gasteiger partial charge is 0.266 e. The predicted octanol–water partition coefficient (Wildman–Crippen LogP) is 2.12. The third-order valence-corrected chi connectivity index (χ3v) is 14.1. The molecule has 2 saturated heterocycles. The molecule has 3 aliphatic heterocycles. The summed E-state index contributed by atoms with van der Waals surface area (Å²) in [6.07, 6.45) is 9.17. The fraction of sp³-hybridized carbons (Fsp3) is 0.467. The Hall–Kier alpha value is -6.33. The molecule has 2 atom stereocenters. The number of ether oxygens (including phenoxy) is 4. The highest BCUT2D eigenvalue weighted by molar-refractivity contribution is 7.89. The first-order valence-electron chi connectivity index (χ1n) is 22.3. The number of rotatable bonds is 20. The molecule has 9 rings (SSSR count). The number of nitrogens with one attached hydrogen (secondary N) is 1. The largest absolute Gasteiger partial charge is 0.491 e. The summed E-state index contributed by atoms with van der Waals surface area (Å²) in [5.74, 6) is -0.663. The lowest BCUT2D eigenvalue weighted by Crippen LogP contribution is -2.54. The highest BCUT2D eigenvalue weighted by Crippen LogP contribution is 2.37. The lowest BCUT2D eigenvalue weighted by Gasteiger charge is -2.38. The van der Waals surface area contributed by atoms with Crippen molar-refractivity contribution in [3.63, 3.8) is 0 Å². The van der Waals surface area contributed by atoms with Gasteiger partial charge in [-0.15, -0.1) is 5.10 Å². The van der Waals surface area contributed by atoms with E-state index < -0.39 is 39.7 Å². The van der Waals surface area contributed by atoms with Gasteiger partial charge in [-0.1, -0.05) is 11.3 Å². The van der Waals surface area contributed by atoms with Crippen LogP contribution in [0.2, 0.25) is 0 Å². The second-order valence-electron chi connectivity index (χ2n) is 17.1. The second kappa shape index (κ2) is 19.5. The molecule has 354 valence electrons. The van der Waals surface area contributed by atoms with Crippen molar-refractivity contribution in [3.05, 3.63) is 88.1 Å². The molecule has 4 aliphatic rings. The number of carbonyl (C=O) groups excluding carboxylic acids is 4. The van der Waals surface area contributed by atoms with Gasteiger partial charge in [0.1, 0.15) is 41.2 Å². The van der Waals surface area contributed by atoms with Crippen molar-refractivity contribution >= 4 is 44.6 Å². The number of sulfonamides is 1. The number of piperidine rings is 1. The summed E-state index contributed by atoms with van der Waals surface area (Å²) >= 11 is 0. The van der Waals surface area contributed by atoms with Crippen molar-refractivity contribution in [2.75, 3.05) is 58.4 Å². The van der Waals surface area contributed by atoms with Gasteiger partial charge in [0, 0.05) is 62.7 Å². The van der Waals surface area contributed by atoms with Crippen molar-refractivity contribution in [2.45, 2.75) is 64.4 Å². The Bertz CT molecular complexity index is 2870. The van der Waals surface area contributed by atoms with Gasteiger partial charge >= 0.3 is 0 Å². The Morgan fingerprint density at radius 2 is 1.72 bits per heavy atom. The molecule has 1 unspecified atom stereocenters. The fourth-order valence-electron chi connectivity index (χ4n) is 8.47. The molecule has 5 aromatic rings. The number of pyridine rings is 2. The second-order valence-corrected chi connectivity index (χ2v) is 19.2. The highest BCUT2D eigenvalue weighted by Gasteiger charge is 2.46. The Morgan fingerprint density at radius 3 is 2.51 bits per heavy atom. The Balaban J connectivity index is 0.687. The molecule has 0 spiro atoms. The zero-order valence-corrected chi connectivity index (χ0v) is 37.9. The lowest BCUT2D eigenvalue weighted by molar-refractivity contribution is -0.136. The standard InChI is InChI=1S/C45H51N9O12S/c1-28-22-53(13-12-51(28)24-31-20-34-41(66-31)35(25-50(2)43(34)57)32-10-11-46-21-38(32)64-26-29-6-7-29)67(60,61)19-18-63-17-16-62-15-14-52-23-30(48-49-52)27-65-37-5-3-4-33-40(37)45(59)54(44(33)58)36-8-9-39(55)47-42(36)56/h3-5,10-11,20-21,23,25,28-29,36H,6-9,12-19,22,24,26-27H2,1-2H3,(H,47,55,56)/t28-,36?/m1/s1. The number of aromatic nitrogens is 5. The number of piperazine rings is 1. The van der Waals surface area contributed by atoms with Crippen LogP contribution in [0, 0.1) is 5.92 Å². The number of fused-ring (bicyclic) bond motifs is 2. The Morgan fingerprint density at radius 1 is 0.896 bits per heavy atom. The molecule has 0 bridgehead atoms. The summed E-state index contributed by atoms with van der Waals surface area (Å²) in [6.45, 7) is 5.09. The number of aryl methyl sites for hydroxylation is 1. The summed E-state index contributed by atoms with van der Waals surface area (Å²) in [5, 5.41) is 10.8. The van der Waals surface area contributed by atoms with E-state index in [1.54, 1.807) is 59.3 Å². The molecule has 1 aromatic carbocycles. The molecule has 1 saturated carbocycles. The molecule has 0 radical (unpaired) electrons. The molecule has 1 aliphatic carbocycles. The SMILES string of the molecule is C[C@@H]1CN(S(=O)(=O)CCOCCOCCn2cc(COc3cccc4c3C(=O)N(C3CCC(=O)NC3=O)C4=O)nn2)CCN1Cc1cc2c(=O)n(C)cc(-c3ccncc3OCC3CC3)c2o1. The Labute approximate surface area is 384 Å². The van der Waals surface area contributed by atoms with Crippen LogP contribution in [-0.2, 0) is 55.8 Å². The summed E-state index contributed by atoms with van der Waals surface area (Å²) < 4.78 is 60.9. The minimum Gasteiger partial charge on any atom is -0.491 e. The summed E-state index contributed by atoms with van der Waals surface area (Å²) in [7, 11) is -1.88. The third-order valence-electron chi connectivity index (χ3n) is 12.3. The number of furan rings is 1. The highest BCUT2D eigenvalue weighted by atomic mass is 32.2. The van der Waals surface area contributed by atoms with Crippen molar-refractivity contribution in [2.24, 2.45) is 13.0 Å². The maximum absolute atomic E-state index is 13.3. The van der Waals surface area contributed by atoms with Crippen LogP contribution >= 0.6 is 0 Å². The number of amides is 4. The van der Waals surface area contributed by atoms with E-state index in [0.717, 1.165) is 28.9 Å². The van der Waals surface area contributed by atoms with E-state index in [1.807, 2.05) is 13.0 Å². The molecule has 4 amide bonds. The minimum absolute atomic E-state index is 0.00709. The first-order valence-corrected chi connectivity index (χ1v) is 23.9. The van der Waals surface area contributed by atoms with Crippen LogP contribution in [0.4, 0.5) is 0 Å². The van der Waals surface area contributed by atoms with Crippen LogP contribution in [0.3, 0.4) is 0 Å². The monoisotopic (exact) mass is 941 g/mol. The van der Waals surface area contributed by atoms with Crippen molar-refractivity contribution < 1.29 is 51.0 Å². The first-order chi connectivity index (χ1) is 32.3. The molecular formula is C45H51N9O12S. The van der Waals surface area contributed by atoms with Gasteiger partial charge in [-0.25, -0.2) is 13.1 Å². The van der Waals surface area contributed by atoms with E-state index in [9.17, 15) is 32.4 Å². The summed E-state index contributed by atoms with van der Waals surface area (Å²) in [4.78, 5) is 71.0. The van der Waals surface area contributed by atoms with E-state index in [2.05, 4.69) is 25.5 Å². The molecule has 4 aromatic heterocycles. The van der Waals surface area contributed by atoms with Crippen LogP contribution < -0.4 is 20.3 Å². The van der Waals surface area contributed by atoms with Crippen molar-refractivity contribution in [1.29, 1.82) is 0 Å². The quantitative estimate of drug-likeness (QED) is 0.0869. The molecular weight excluding hydrogens is 891 g/mol. The zero-order chi connectivity index (χ0) is 46.8. The first kappa shape index (κ1) is 45.8. The topological polar surface area (TPSA) is 240 Å². The third kappa shape index (κ3) is 10.0. The van der Waals surface area contributed by atoms with Gasteiger partial charge in [0.05, 0.1) is 80.8 Å². The van der Waals surface area contributed by atoms with Gasteiger partial charge in [0.25, 0.3) is 17.4 Å². The van der Waals surface area contributed by atoms with Crippen LogP contribution in [0.25, 0.3) is 22.1 Å².